The Hall–Kier alpha value is -3.48. The Morgan fingerprint density at radius 3 is 2.30 bits per heavy atom. The minimum Gasteiger partial charge on any atom is -0.493 e. The highest BCUT2D eigenvalue weighted by Gasteiger charge is 2.23. The van der Waals surface area contributed by atoms with Gasteiger partial charge in [0.2, 0.25) is 0 Å². The Bertz CT molecular complexity index is 1130. The van der Waals surface area contributed by atoms with Crippen LogP contribution in [0.1, 0.15) is 45.8 Å². The first kappa shape index (κ1) is 21.2. The number of aromatic nitrogens is 1. The summed E-state index contributed by atoms with van der Waals surface area (Å²) in [5, 5.41) is 13.4. The number of methoxy groups -OCH3 is 2. The number of amides is 1. The van der Waals surface area contributed by atoms with Crippen LogP contribution in [0, 0.1) is 6.92 Å². The number of nitrogens with one attached hydrogen (secondary N) is 1. The van der Waals surface area contributed by atoms with E-state index in [1.54, 1.807) is 0 Å². The van der Waals surface area contributed by atoms with Crippen LogP contribution in [-0.2, 0) is 13.0 Å². The van der Waals surface area contributed by atoms with E-state index < -0.39 is 5.97 Å². The molecule has 1 amide bonds. The van der Waals surface area contributed by atoms with E-state index in [1.807, 2.05) is 24.5 Å². The van der Waals surface area contributed by atoms with Crippen LogP contribution in [0.2, 0.25) is 0 Å². The number of ether oxygens (including phenoxy) is 2. The van der Waals surface area contributed by atoms with E-state index in [4.69, 9.17) is 9.47 Å². The van der Waals surface area contributed by atoms with Gasteiger partial charge in [-0.05, 0) is 43.5 Å². The SMILES string of the molecule is CCc1ccc2c(c1)c(C)c(C(=O)Nc1cc(OC)c(OC)cc1C(=O)O)n2CC. The lowest BCUT2D eigenvalue weighted by Crippen LogP contribution is -2.19. The van der Waals surface area contributed by atoms with Gasteiger partial charge in [0.1, 0.15) is 5.69 Å². The minimum atomic E-state index is -1.17. The van der Waals surface area contributed by atoms with Gasteiger partial charge in [-0.1, -0.05) is 13.0 Å². The largest absolute Gasteiger partial charge is 0.493 e. The summed E-state index contributed by atoms with van der Waals surface area (Å²) < 4.78 is 12.4. The number of fused-ring (bicyclic) bond motifs is 1. The summed E-state index contributed by atoms with van der Waals surface area (Å²) in [6.45, 7) is 6.58. The van der Waals surface area contributed by atoms with Crippen molar-refractivity contribution in [3.63, 3.8) is 0 Å². The molecular formula is C23H26N2O5. The highest BCUT2D eigenvalue weighted by molar-refractivity contribution is 6.11. The van der Waals surface area contributed by atoms with Gasteiger partial charge < -0.3 is 24.5 Å². The molecule has 1 aromatic heterocycles. The third kappa shape index (κ3) is 3.58. The molecule has 7 heteroatoms. The predicted molar refractivity (Wildman–Crippen MR) is 116 cm³/mol. The molecule has 0 fully saturated rings. The second-order valence-electron chi connectivity index (χ2n) is 6.93. The molecule has 7 nitrogen and oxygen atoms in total. The number of aryl methyl sites for hydroxylation is 3. The summed E-state index contributed by atoms with van der Waals surface area (Å²) in [5.41, 5.74) is 3.60. The summed E-state index contributed by atoms with van der Waals surface area (Å²) in [5.74, 6) is -0.943. The number of carboxylic acids is 1. The molecule has 3 aromatic rings. The summed E-state index contributed by atoms with van der Waals surface area (Å²) in [7, 11) is 2.88. The van der Waals surface area contributed by atoms with Crippen LogP contribution in [0.15, 0.2) is 30.3 Å². The molecule has 0 aliphatic rings. The number of rotatable bonds is 7. The molecule has 0 radical (unpaired) electrons. The van der Waals surface area contributed by atoms with Gasteiger partial charge in [-0.15, -0.1) is 0 Å². The lowest BCUT2D eigenvalue weighted by molar-refractivity contribution is 0.0697. The van der Waals surface area contributed by atoms with E-state index in [0.29, 0.717) is 18.0 Å². The molecule has 1 heterocycles. The van der Waals surface area contributed by atoms with Gasteiger partial charge in [0.15, 0.2) is 11.5 Å². The zero-order valence-electron chi connectivity index (χ0n) is 17.8. The van der Waals surface area contributed by atoms with Crippen molar-refractivity contribution in [2.24, 2.45) is 0 Å². The standard InChI is InChI=1S/C23H26N2O5/c1-6-14-8-9-18-15(10-14)13(3)21(25(18)7-2)22(26)24-17-12-20(30-5)19(29-4)11-16(17)23(27)28/h8-12H,6-7H2,1-5H3,(H,24,26)(H,27,28). The summed E-state index contributed by atoms with van der Waals surface area (Å²) in [6, 6.07) is 9.00. The number of carboxylic acid groups (broad SMARTS) is 1. The molecule has 158 valence electrons. The van der Waals surface area contributed by atoms with Crippen molar-refractivity contribution < 1.29 is 24.2 Å². The second kappa shape index (κ2) is 8.49. The Labute approximate surface area is 175 Å². The molecule has 0 saturated carbocycles. The fourth-order valence-electron chi connectivity index (χ4n) is 3.75. The quantitative estimate of drug-likeness (QED) is 0.599. The third-order valence-electron chi connectivity index (χ3n) is 5.32. The van der Waals surface area contributed by atoms with Gasteiger partial charge in [-0.3, -0.25) is 4.79 Å². The number of nitrogens with zero attached hydrogens (tertiary/aromatic N) is 1. The molecule has 0 aliphatic heterocycles. The van der Waals surface area contributed by atoms with Crippen molar-refractivity contribution >= 4 is 28.5 Å². The van der Waals surface area contributed by atoms with Gasteiger partial charge in [0.05, 0.1) is 25.5 Å². The van der Waals surface area contributed by atoms with Crippen molar-refractivity contribution in [1.82, 2.24) is 4.57 Å². The van der Waals surface area contributed by atoms with Crippen LogP contribution in [0.5, 0.6) is 11.5 Å². The van der Waals surface area contributed by atoms with E-state index in [2.05, 4.69) is 24.4 Å². The van der Waals surface area contributed by atoms with E-state index in [9.17, 15) is 14.7 Å². The van der Waals surface area contributed by atoms with Crippen molar-refractivity contribution in [1.29, 1.82) is 0 Å². The molecule has 0 saturated heterocycles. The Balaban J connectivity index is 2.11. The molecule has 0 unspecified atom stereocenters. The van der Waals surface area contributed by atoms with E-state index in [0.717, 1.165) is 22.9 Å². The lowest BCUT2D eigenvalue weighted by atomic mass is 10.1. The van der Waals surface area contributed by atoms with Gasteiger partial charge in [0, 0.05) is 29.6 Å². The van der Waals surface area contributed by atoms with Crippen LogP contribution in [-0.4, -0.2) is 35.8 Å². The van der Waals surface area contributed by atoms with Crippen molar-refractivity contribution in [3.05, 3.63) is 52.7 Å². The number of carbonyl (C=O) groups is 2. The normalized spacial score (nSPS) is 10.8. The molecular weight excluding hydrogens is 384 g/mol. The number of hydrogen-bond donors (Lipinski definition) is 2. The fraction of sp³-hybridized carbons (Fsp3) is 0.304. The maximum Gasteiger partial charge on any atom is 0.337 e. The fourth-order valence-corrected chi connectivity index (χ4v) is 3.75. The smallest absolute Gasteiger partial charge is 0.337 e. The summed E-state index contributed by atoms with van der Waals surface area (Å²) >= 11 is 0. The first-order valence-corrected chi connectivity index (χ1v) is 9.78. The van der Waals surface area contributed by atoms with Crippen LogP contribution >= 0.6 is 0 Å². The van der Waals surface area contributed by atoms with Crippen LogP contribution in [0.3, 0.4) is 0 Å². The maximum absolute atomic E-state index is 13.3. The number of anilines is 1. The van der Waals surface area contributed by atoms with Crippen LogP contribution < -0.4 is 14.8 Å². The number of benzene rings is 2. The molecule has 0 spiro atoms. The van der Waals surface area contributed by atoms with Crippen LogP contribution in [0.4, 0.5) is 5.69 Å². The molecule has 2 aromatic carbocycles. The molecule has 0 aliphatic carbocycles. The zero-order valence-corrected chi connectivity index (χ0v) is 17.8. The zero-order chi connectivity index (χ0) is 22.0. The first-order chi connectivity index (χ1) is 14.4. The van der Waals surface area contributed by atoms with E-state index in [-0.39, 0.29) is 22.9 Å². The highest BCUT2D eigenvalue weighted by atomic mass is 16.5. The molecule has 30 heavy (non-hydrogen) atoms. The van der Waals surface area contributed by atoms with Gasteiger partial charge >= 0.3 is 5.97 Å². The first-order valence-electron chi connectivity index (χ1n) is 9.78. The van der Waals surface area contributed by atoms with E-state index in [1.165, 1.54) is 31.9 Å². The number of aromatic carboxylic acids is 1. The average Bonchev–Trinajstić information content (AvgIpc) is 3.04. The van der Waals surface area contributed by atoms with Crippen molar-refractivity contribution in [2.45, 2.75) is 33.7 Å². The Morgan fingerprint density at radius 2 is 1.73 bits per heavy atom. The van der Waals surface area contributed by atoms with Crippen molar-refractivity contribution in [3.8, 4) is 11.5 Å². The van der Waals surface area contributed by atoms with Crippen LogP contribution in [0.25, 0.3) is 10.9 Å². The molecule has 3 rings (SSSR count). The predicted octanol–water partition coefficient (Wildman–Crippen LogP) is 4.50. The Kier molecular flexibility index (Phi) is 6.01. The Morgan fingerprint density at radius 1 is 1.07 bits per heavy atom. The maximum atomic E-state index is 13.3. The second-order valence-corrected chi connectivity index (χ2v) is 6.93. The average molecular weight is 410 g/mol. The van der Waals surface area contributed by atoms with Crippen molar-refractivity contribution in [2.75, 3.05) is 19.5 Å². The lowest BCUT2D eigenvalue weighted by Gasteiger charge is -2.15. The summed E-state index contributed by atoms with van der Waals surface area (Å²) in [6.07, 6.45) is 0.905. The number of hydrogen-bond acceptors (Lipinski definition) is 4. The summed E-state index contributed by atoms with van der Waals surface area (Å²) in [4.78, 5) is 25.0. The van der Waals surface area contributed by atoms with Gasteiger partial charge in [0.25, 0.3) is 5.91 Å². The third-order valence-corrected chi connectivity index (χ3v) is 5.32. The minimum absolute atomic E-state index is 0.0777. The van der Waals surface area contributed by atoms with Gasteiger partial charge in [-0.25, -0.2) is 4.79 Å². The monoisotopic (exact) mass is 410 g/mol. The van der Waals surface area contributed by atoms with Gasteiger partial charge in [-0.2, -0.15) is 0 Å². The highest BCUT2D eigenvalue weighted by Crippen LogP contribution is 2.34. The molecule has 2 N–H and O–H groups in total. The van der Waals surface area contributed by atoms with E-state index >= 15 is 0 Å². The molecule has 0 atom stereocenters. The molecule has 0 bridgehead atoms. The topological polar surface area (TPSA) is 89.8 Å². The number of carbonyl (C=O) groups excluding carboxylic acids is 1.